The molecule has 2 aliphatic heterocycles. The number of fused-ring (bicyclic) bond motifs is 4. The SMILES string of the molecule is COc1cc(C(=O)N2C[C@@H](C)OC[C@H]2C)cc(OC)c1S(=O)(=O)Nc1noc2c1CC1(CC1)c1ccc(N3CCC3)cc1-2. The number of rotatable bonds is 7. The van der Waals surface area contributed by atoms with Crippen LogP contribution in [0.3, 0.4) is 0 Å². The van der Waals surface area contributed by atoms with E-state index in [-0.39, 0.29) is 51.2 Å². The van der Waals surface area contributed by atoms with Crippen molar-refractivity contribution in [1.82, 2.24) is 10.1 Å². The quantitative estimate of drug-likeness (QED) is 0.420. The number of sulfonamides is 1. The summed E-state index contributed by atoms with van der Waals surface area (Å²) in [4.78, 5) is 17.3. The molecule has 2 aromatic carbocycles. The number of carbonyl (C=O) groups is 1. The summed E-state index contributed by atoms with van der Waals surface area (Å²) in [6, 6.07) is 9.27. The maximum Gasteiger partial charge on any atom is 0.270 e. The second kappa shape index (κ2) is 10.2. The van der Waals surface area contributed by atoms with Gasteiger partial charge in [0.2, 0.25) is 0 Å². The fourth-order valence-electron chi connectivity index (χ4n) is 6.55. The Kier molecular flexibility index (Phi) is 6.62. The third kappa shape index (κ3) is 4.62. The number of amides is 1. The summed E-state index contributed by atoms with van der Waals surface area (Å²) in [5.41, 5.74) is 4.32. The van der Waals surface area contributed by atoms with E-state index in [0.717, 1.165) is 42.7 Å². The fourth-order valence-corrected chi connectivity index (χ4v) is 7.88. The molecule has 2 atom stereocenters. The molecule has 4 aliphatic rings. The Hall–Kier alpha value is -3.77. The molecule has 0 unspecified atom stereocenters. The zero-order valence-corrected chi connectivity index (χ0v) is 25.6. The van der Waals surface area contributed by atoms with E-state index < -0.39 is 10.0 Å². The Morgan fingerprint density at radius 1 is 1.09 bits per heavy atom. The van der Waals surface area contributed by atoms with Crippen LogP contribution in [0.4, 0.5) is 11.5 Å². The molecule has 3 fully saturated rings. The lowest BCUT2D eigenvalue weighted by Crippen LogP contribution is -2.50. The van der Waals surface area contributed by atoms with E-state index >= 15 is 0 Å². The smallest absolute Gasteiger partial charge is 0.270 e. The summed E-state index contributed by atoms with van der Waals surface area (Å²) in [6.07, 6.45) is 3.76. The monoisotopic (exact) mass is 608 g/mol. The van der Waals surface area contributed by atoms with E-state index in [1.807, 2.05) is 13.8 Å². The van der Waals surface area contributed by atoms with Gasteiger partial charge < -0.3 is 28.5 Å². The summed E-state index contributed by atoms with van der Waals surface area (Å²) >= 11 is 0. The normalized spacial score (nSPS) is 22.0. The van der Waals surface area contributed by atoms with Crippen molar-refractivity contribution < 1.29 is 31.9 Å². The standard InChI is InChI=1S/C31H36N4O7S/c1-18-17-41-19(2)16-35(18)30(36)20-12-25(39-3)28(26(13-20)40-4)43(37,38)33-29-23-15-31(8-9-31)24-7-6-21(34-10-5-11-34)14-22(24)27(23)42-32-29/h6-7,12-14,18-19H,5,8-11,15-17H2,1-4H3,(H,32,33)/t18-,19-/m1/s1. The lowest BCUT2D eigenvalue weighted by molar-refractivity contribution is -0.0387. The molecular formula is C31H36N4O7S. The predicted octanol–water partition coefficient (Wildman–Crippen LogP) is 4.21. The van der Waals surface area contributed by atoms with Crippen molar-refractivity contribution in [2.24, 2.45) is 0 Å². The first-order valence-electron chi connectivity index (χ1n) is 14.7. The van der Waals surface area contributed by atoms with Crippen molar-refractivity contribution >= 4 is 27.4 Å². The molecule has 12 heteroatoms. The Morgan fingerprint density at radius 3 is 2.44 bits per heavy atom. The van der Waals surface area contributed by atoms with Crippen LogP contribution in [0.2, 0.25) is 0 Å². The molecule has 0 bridgehead atoms. The van der Waals surface area contributed by atoms with Crippen molar-refractivity contribution in [2.45, 2.75) is 62.0 Å². The number of morpholine rings is 1. The van der Waals surface area contributed by atoms with E-state index in [9.17, 15) is 13.2 Å². The number of aromatic nitrogens is 1. The molecule has 43 heavy (non-hydrogen) atoms. The van der Waals surface area contributed by atoms with Crippen LogP contribution in [0.15, 0.2) is 39.8 Å². The van der Waals surface area contributed by atoms with Crippen LogP contribution >= 0.6 is 0 Å². The summed E-state index contributed by atoms with van der Waals surface area (Å²) in [5, 5.41) is 4.21. The molecule has 1 amide bonds. The van der Waals surface area contributed by atoms with Crippen LogP contribution in [0.1, 0.15) is 54.6 Å². The lowest BCUT2D eigenvalue weighted by Gasteiger charge is -2.37. The van der Waals surface area contributed by atoms with E-state index in [0.29, 0.717) is 25.3 Å². The molecule has 11 nitrogen and oxygen atoms in total. The highest BCUT2D eigenvalue weighted by molar-refractivity contribution is 7.93. The maximum atomic E-state index is 14.0. The predicted molar refractivity (Wildman–Crippen MR) is 160 cm³/mol. The van der Waals surface area contributed by atoms with Crippen LogP contribution in [0.5, 0.6) is 11.5 Å². The fraction of sp³-hybridized carbons (Fsp3) is 0.484. The van der Waals surface area contributed by atoms with Gasteiger partial charge in [0.05, 0.1) is 33.0 Å². The molecule has 2 aliphatic carbocycles. The minimum atomic E-state index is -4.28. The van der Waals surface area contributed by atoms with Crippen LogP contribution in [-0.4, -0.2) is 77.0 Å². The van der Waals surface area contributed by atoms with Crippen molar-refractivity contribution in [2.75, 3.05) is 50.1 Å². The number of nitrogens with zero attached hydrogens (tertiary/aromatic N) is 3. The summed E-state index contributed by atoms with van der Waals surface area (Å²) in [5.74, 6) is 0.477. The first kappa shape index (κ1) is 28.0. The molecule has 3 aromatic rings. The topological polar surface area (TPSA) is 123 Å². The Morgan fingerprint density at radius 2 is 1.81 bits per heavy atom. The van der Waals surface area contributed by atoms with Crippen LogP contribution in [0, 0.1) is 0 Å². The number of nitrogens with one attached hydrogen (secondary N) is 1. The number of methoxy groups -OCH3 is 2. The molecule has 1 spiro atoms. The maximum absolute atomic E-state index is 14.0. The zero-order chi connectivity index (χ0) is 30.1. The summed E-state index contributed by atoms with van der Waals surface area (Å²) in [6.45, 7) is 6.72. The van der Waals surface area contributed by atoms with Gasteiger partial charge in [-0.05, 0) is 69.4 Å². The highest BCUT2D eigenvalue weighted by atomic mass is 32.2. The van der Waals surface area contributed by atoms with Gasteiger partial charge in [-0.3, -0.25) is 9.52 Å². The number of carbonyl (C=O) groups excluding carboxylic acids is 1. The van der Waals surface area contributed by atoms with Gasteiger partial charge in [-0.25, -0.2) is 8.42 Å². The van der Waals surface area contributed by atoms with Gasteiger partial charge in [0.25, 0.3) is 15.9 Å². The van der Waals surface area contributed by atoms with Gasteiger partial charge in [-0.1, -0.05) is 11.2 Å². The molecule has 7 rings (SSSR count). The number of hydrogen-bond donors (Lipinski definition) is 1. The Balaban J connectivity index is 1.23. The average Bonchev–Trinajstić information content (AvgIpc) is 3.64. The second-order valence-electron chi connectivity index (χ2n) is 12.1. The highest BCUT2D eigenvalue weighted by Crippen LogP contribution is 2.59. The minimum absolute atomic E-state index is 0.00952. The number of benzene rings is 2. The van der Waals surface area contributed by atoms with Crippen molar-refractivity contribution in [3.63, 3.8) is 0 Å². The molecule has 0 radical (unpaired) electrons. The first-order valence-corrected chi connectivity index (χ1v) is 16.2. The molecule has 228 valence electrons. The molecule has 1 saturated carbocycles. The molecule has 3 heterocycles. The molecule has 1 N–H and O–H groups in total. The Bertz CT molecular complexity index is 1690. The zero-order valence-electron chi connectivity index (χ0n) is 24.8. The molecular weight excluding hydrogens is 572 g/mol. The van der Waals surface area contributed by atoms with E-state index in [2.05, 4.69) is 33.0 Å². The molecule has 2 saturated heterocycles. The van der Waals surface area contributed by atoms with Crippen molar-refractivity contribution in [3.05, 3.63) is 47.0 Å². The largest absolute Gasteiger partial charge is 0.495 e. The van der Waals surface area contributed by atoms with Gasteiger partial charge in [-0.15, -0.1) is 0 Å². The lowest BCUT2D eigenvalue weighted by atomic mass is 9.79. The summed E-state index contributed by atoms with van der Waals surface area (Å²) in [7, 11) is -1.55. The number of anilines is 2. The van der Waals surface area contributed by atoms with Gasteiger partial charge in [0.15, 0.2) is 16.5 Å². The highest BCUT2D eigenvalue weighted by Gasteiger charge is 2.51. The third-order valence-corrected chi connectivity index (χ3v) is 10.7. The second-order valence-corrected chi connectivity index (χ2v) is 13.8. The van der Waals surface area contributed by atoms with Crippen LogP contribution < -0.4 is 19.1 Å². The minimum Gasteiger partial charge on any atom is -0.495 e. The van der Waals surface area contributed by atoms with E-state index in [1.165, 1.54) is 38.3 Å². The van der Waals surface area contributed by atoms with E-state index in [1.54, 1.807) is 4.90 Å². The first-order chi connectivity index (χ1) is 20.6. The van der Waals surface area contributed by atoms with E-state index in [4.69, 9.17) is 18.7 Å². The van der Waals surface area contributed by atoms with Gasteiger partial charge in [0.1, 0.15) is 11.5 Å². The van der Waals surface area contributed by atoms with Gasteiger partial charge >= 0.3 is 0 Å². The molecule has 1 aromatic heterocycles. The van der Waals surface area contributed by atoms with Gasteiger partial charge in [0, 0.05) is 47.4 Å². The van der Waals surface area contributed by atoms with Gasteiger partial charge in [-0.2, -0.15) is 0 Å². The van der Waals surface area contributed by atoms with Crippen LogP contribution in [0.25, 0.3) is 11.3 Å². The number of hydrogen-bond acceptors (Lipinski definition) is 9. The number of ether oxygens (including phenoxy) is 3. The Labute approximate surface area is 251 Å². The van der Waals surface area contributed by atoms with Crippen molar-refractivity contribution in [3.8, 4) is 22.8 Å². The van der Waals surface area contributed by atoms with Crippen LogP contribution in [-0.2, 0) is 26.6 Å². The summed E-state index contributed by atoms with van der Waals surface area (Å²) < 4.78 is 53.1. The average molecular weight is 609 g/mol. The third-order valence-electron chi connectivity index (χ3n) is 9.27. The van der Waals surface area contributed by atoms with Crippen molar-refractivity contribution in [1.29, 1.82) is 0 Å².